The Hall–Kier alpha value is -0.0800. The van der Waals surface area contributed by atoms with Gasteiger partial charge in [0.1, 0.15) is 0 Å². The highest BCUT2D eigenvalue weighted by molar-refractivity contribution is 4.72. The van der Waals surface area contributed by atoms with Crippen LogP contribution in [-0.4, -0.2) is 17.3 Å². The fourth-order valence-corrected chi connectivity index (χ4v) is 0.716. The molecule has 0 bridgehead atoms. The minimum absolute atomic E-state index is 0.0602. The maximum absolute atomic E-state index is 9.17. The Morgan fingerprint density at radius 2 is 1.89 bits per heavy atom. The second kappa shape index (κ2) is 3.85. The molecule has 2 nitrogen and oxygen atoms in total. The molecule has 0 saturated heterocycles. The van der Waals surface area contributed by atoms with Gasteiger partial charge in [0.05, 0.1) is 6.10 Å². The molecule has 0 amide bonds. The topological polar surface area (TPSA) is 46.2 Å². The van der Waals surface area contributed by atoms with E-state index in [9.17, 15) is 5.11 Å². The molecule has 2 atom stereocenters. The molecule has 0 aliphatic rings. The number of hydrogen-bond donors (Lipinski definition) is 2. The molecule has 0 aliphatic heterocycles. The van der Waals surface area contributed by atoms with Gasteiger partial charge in [-0.3, -0.25) is 0 Å². The van der Waals surface area contributed by atoms with Crippen molar-refractivity contribution in [2.24, 2.45) is 11.7 Å². The van der Waals surface area contributed by atoms with Crippen LogP contribution in [0.2, 0.25) is 0 Å². The summed E-state index contributed by atoms with van der Waals surface area (Å²) in [5.41, 5.74) is 5.62. The van der Waals surface area contributed by atoms with Crippen molar-refractivity contribution in [2.45, 2.75) is 39.3 Å². The highest BCUT2D eigenvalue weighted by Crippen LogP contribution is 2.05. The van der Waals surface area contributed by atoms with Crippen LogP contribution in [0.25, 0.3) is 0 Å². The minimum Gasteiger partial charge on any atom is -0.392 e. The van der Waals surface area contributed by atoms with Gasteiger partial charge in [0, 0.05) is 6.04 Å². The van der Waals surface area contributed by atoms with Crippen molar-refractivity contribution in [3.8, 4) is 0 Å². The normalized spacial score (nSPS) is 18.0. The van der Waals surface area contributed by atoms with Crippen molar-refractivity contribution >= 4 is 0 Å². The SMILES string of the molecule is CC[C@@H](O)[C@@H](N)C(C)C. The van der Waals surface area contributed by atoms with Crippen LogP contribution in [0.5, 0.6) is 0 Å². The highest BCUT2D eigenvalue weighted by Gasteiger charge is 2.15. The summed E-state index contributed by atoms with van der Waals surface area (Å²) < 4.78 is 0. The number of hydrogen-bond acceptors (Lipinski definition) is 2. The average Bonchev–Trinajstić information content (AvgIpc) is 1.84. The maximum Gasteiger partial charge on any atom is 0.0690 e. The van der Waals surface area contributed by atoms with Crippen LogP contribution < -0.4 is 5.73 Å². The molecule has 0 fully saturated rings. The molecule has 2 heteroatoms. The van der Waals surface area contributed by atoms with Crippen LogP contribution in [0.3, 0.4) is 0 Å². The highest BCUT2D eigenvalue weighted by atomic mass is 16.3. The van der Waals surface area contributed by atoms with E-state index in [4.69, 9.17) is 5.73 Å². The van der Waals surface area contributed by atoms with Gasteiger partial charge in [0.25, 0.3) is 0 Å². The third-order valence-electron chi connectivity index (χ3n) is 1.63. The van der Waals surface area contributed by atoms with Gasteiger partial charge in [-0.15, -0.1) is 0 Å². The van der Waals surface area contributed by atoms with E-state index in [0.717, 1.165) is 6.42 Å². The largest absolute Gasteiger partial charge is 0.392 e. The number of aliphatic hydroxyl groups is 1. The maximum atomic E-state index is 9.17. The molecule has 0 radical (unpaired) electrons. The summed E-state index contributed by atoms with van der Waals surface area (Å²) in [6.45, 7) is 5.97. The van der Waals surface area contributed by atoms with E-state index >= 15 is 0 Å². The lowest BCUT2D eigenvalue weighted by molar-refractivity contribution is 0.121. The molecular formula is C7H17NO. The van der Waals surface area contributed by atoms with Gasteiger partial charge in [-0.05, 0) is 12.3 Å². The summed E-state index contributed by atoms with van der Waals surface area (Å²) in [6, 6.07) is -0.0602. The van der Waals surface area contributed by atoms with Crippen LogP contribution >= 0.6 is 0 Å². The molecule has 0 rings (SSSR count). The van der Waals surface area contributed by atoms with E-state index in [-0.39, 0.29) is 12.1 Å². The molecule has 56 valence electrons. The Kier molecular flexibility index (Phi) is 3.82. The van der Waals surface area contributed by atoms with Gasteiger partial charge in [-0.1, -0.05) is 20.8 Å². The molecule has 0 aromatic rings. The Bertz CT molecular complexity index is 73.3. The van der Waals surface area contributed by atoms with Gasteiger partial charge in [0.15, 0.2) is 0 Å². The van der Waals surface area contributed by atoms with E-state index in [1.807, 2.05) is 20.8 Å². The second-order valence-electron chi connectivity index (χ2n) is 2.80. The monoisotopic (exact) mass is 131 g/mol. The first kappa shape index (κ1) is 8.92. The Morgan fingerprint density at radius 3 is 2.00 bits per heavy atom. The van der Waals surface area contributed by atoms with E-state index < -0.39 is 0 Å². The number of nitrogens with two attached hydrogens (primary N) is 1. The van der Waals surface area contributed by atoms with Crippen molar-refractivity contribution < 1.29 is 5.11 Å². The number of aliphatic hydroxyl groups excluding tert-OH is 1. The minimum atomic E-state index is -0.329. The molecule has 0 aliphatic carbocycles. The predicted molar refractivity (Wildman–Crippen MR) is 39.1 cm³/mol. The molecule has 0 unspecified atom stereocenters. The summed E-state index contributed by atoms with van der Waals surface area (Å²) >= 11 is 0. The van der Waals surface area contributed by atoms with Gasteiger partial charge in [-0.2, -0.15) is 0 Å². The van der Waals surface area contributed by atoms with Crippen molar-refractivity contribution in [2.75, 3.05) is 0 Å². The summed E-state index contributed by atoms with van der Waals surface area (Å²) in [5.74, 6) is 0.375. The molecule has 3 N–H and O–H groups in total. The first-order valence-corrected chi connectivity index (χ1v) is 3.53. The third-order valence-corrected chi connectivity index (χ3v) is 1.63. The van der Waals surface area contributed by atoms with Crippen LogP contribution in [0, 0.1) is 5.92 Å². The van der Waals surface area contributed by atoms with Crippen LogP contribution in [0.4, 0.5) is 0 Å². The van der Waals surface area contributed by atoms with Crippen LogP contribution in [-0.2, 0) is 0 Å². The lowest BCUT2D eigenvalue weighted by Gasteiger charge is -2.20. The summed E-state index contributed by atoms with van der Waals surface area (Å²) in [4.78, 5) is 0. The fraction of sp³-hybridized carbons (Fsp3) is 1.00. The molecule has 0 saturated carbocycles. The van der Waals surface area contributed by atoms with E-state index in [0.29, 0.717) is 5.92 Å². The van der Waals surface area contributed by atoms with E-state index in [2.05, 4.69) is 0 Å². The Morgan fingerprint density at radius 1 is 1.44 bits per heavy atom. The number of rotatable bonds is 3. The van der Waals surface area contributed by atoms with Crippen molar-refractivity contribution in [3.63, 3.8) is 0 Å². The average molecular weight is 131 g/mol. The molecule has 0 aromatic carbocycles. The van der Waals surface area contributed by atoms with E-state index in [1.54, 1.807) is 0 Å². The second-order valence-corrected chi connectivity index (χ2v) is 2.80. The zero-order valence-corrected chi connectivity index (χ0v) is 6.46. The molecule has 0 spiro atoms. The van der Waals surface area contributed by atoms with Gasteiger partial charge in [0.2, 0.25) is 0 Å². The first-order chi connectivity index (χ1) is 4.09. The Labute approximate surface area is 57.1 Å². The zero-order chi connectivity index (χ0) is 7.44. The van der Waals surface area contributed by atoms with E-state index in [1.165, 1.54) is 0 Å². The molecular weight excluding hydrogens is 114 g/mol. The van der Waals surface area contributed by atoms with Crippen molar-refractivity contribution in [1.82, 2.24) is 0 Å². The smallest absolute Gasteiger partial charge is 0.0690 e. The van der Waals surface area contributed by atoms with Gasteiger partial charge < -0.3 is 10.8 Å². The standard InChI is InChI=1S/C7H17NO/c1-4-6(9)7(8)5(2)3/h5-7,9H,4,8H2,1-3H3/t6-,7+/m1/s1. The van der Waals surface area contributed by atoms with Crippen LogP contribution in [0.15, 0.2) is 0 Å². The van der Waals surface area contributed by atoms with Gasteiger partial charge in [-0.25, -0.2) is 0 Å². The summed E-state index contributed by atoms with van der Waals surface area (Å²) in [5, 5.41) is 9.17. The lowest BCUT2D eigenvalue weighted by Crippen LogP contribution is -2.38. The van der Waals surface area contributed by atoms with Crippen molar-refractivity contribution in [1.29, 1.82) is 0 Å². The zero-order valence-electron chi connectivity index (χ0n) is 6.46. The molecule has 9 heavy (non-hydrogen) atoms. The van der Waals surface area contributed by atoms with Crippen LogP contribution in [0.1, 0.15) is 27.2 Å². The van der Waals surface area contributed by atoms with Gasteiger partial charge >= 0.3 is 0 Å². The summed E-state index contributed by atoms with van der Waals surface area (Å²) in [7, 11) is 0. The predicted octanol–water partition coefficient (Wildman–Crippen LogP) is 0.741. The fourth-order valence-electron chi connectivity index (χ4n) is 0.716. The third kappa shape index (κ3) is 2.82. The Balaban J connectivity index is 3.58. The van der Waals surface area contributed by atoms with Crippen molar-refractivity contribution in [3.05, 3.63) is 0 Å². The lowest BCUT2D eigenvalue weighted by atomic mass is 9.98. The molecule has 0 aromatic heterocycles. The first-order valence-electron chi connectivity index (χ1n) is 3.53. The molecule has 0 heterocycles. The quantitative estimate of drug-likeness (QED) is 0.593. The summed E-state index contributed by atoms with van der Waals surface area (Å²) in [6.07, 6.45) is 0.421.